The van der Waals surface area contributed by atoms with Crippen LogP contribution in [0.3, 0.4) is 0 Å². The highest BCUT2D eigenvalue weighted by Crippen LogP contribution is 2.62. The number of nitrogens with zero attached hydrogens (tertiary/aromatic N) is 1. The number of benzene rings is 1. The van der Waals surface area contributed by atoms with Crippen LogP contribution in [0.2, 0.25) is 0 Å². The Morgan fingerprint density at radius 2 is 1.38 bits per heavy atom. The largest absolute Gasteiger partial charge is 0.212 e. The van der Waals surface area contributed by atoms with Gasteiger partial charge in [0, 0.05) is 17.7 Å². The van der Waals surface area contributed by atoms with E-state index in [0.29, 0.717) is 5.92 Å². The van der Waals surface area contributed by atoms with Crippen molar-refractivity contribution >= 4 is 0 Å². The molecule has 0 fully saturated rings. The number of fused-ring (bicyclic) bond motifs is 1. The Bertz CT molecular complexity index is 866. The molecule has 0 amide bonds. The summed E-state index contributed by atoms with van der Waals surface area (Å²) in [7, 11) is 2.16. The molecule has 0 spiro atoms. The van der Waals surface area contributed by atoms with Crippen LogP contribution in [-0.4, -0.2) is 0 Å². The highest BCUT2D eigenvalue weighted by molar-refractivity contribution is 5.67. The number of pyridine rings is 1. The zero-order valence-electron chi connectivity index (χ0n) is 18.4. The molecule has 1 heteroatoms. The van der Waals surface area contributed by atoms with Crippen molar-refractivity contribution in [3.63, 3.8) is 0 Å². The number of rotatable bonds is 2. The molecular formula is C25H36N+. The molecule has 0 unspecified atom stereocenters. The maximum atomic E-state index is 2.49. The fraction of sp³-hybridized carbons (Fsp3) is 0.560. The summed E-state index contributed by atoms with van der Waals surface area (Å²) >= 11 is 0. The third-order valence-electron chi connectivity index (χ3n) is 7.95. The van der Waals surface area contributed by atoms with E-state index in [4.69, 9.17) is 0 Å². The summed E-state index contributed by atoms with van der Waals surface area (Å²) in [5.41, 5.74) is 9.01. The fourth-order valence-electron chi connectivity index (χ4n) is 4.69. The van der Waals surface area contributed by atoms with Crippen LogP contribution in [-0.2, 0) is 17.9 Å². The molecule has 0 aliphatic heterocycles. The Hall–Kier alpha value is -1.63. The molecule has 1 aromatic carbocycles. The van der Waals surface area contributed by atoms with Gasteiger partial charge in [0.05, 0.1) is 0 Å². The highest BCUT2D eigenvalue weighted by atomic mass is 14.9. The maximum absolute atomic E-state index is 2.49. The smallest absolute Gasteiger partial charge is 0.201 e. The van der Waals surface area contributed by atoms with Crippen molar-refractivity contribution in [2.45, 2.75) is 79.1 Å². The Labute approximate surface area is 160 Å². The monoisotopic (exact) mass is 350 g/mol. The zero-order valence-corrected chi connectivity index (χ0v) is 18.4. The van der Waals surface area contributed by atoms with Gasteiger partial charge < -0.3 is 0 Å². The molecular weight excluding hydrogens is 314 g/mol. The Morgan fingerprint density at radius 1 is 0.846 bits per heavy atom. The van der Waals surface area contributed by atoms with Crippen molar-refractivity contribution < 1.29 is 4.57 Å². The topological polar surface area (TPSA) is 3.88 Å². The molecule has 0 N–H and O–H groups in total. The van der Waals surface area contributed by atoms with Crippen molar-refractivity contribution in [1.29, 1.82) is 0 Å². The van der Waals surface area contributed by atoms with Crippen molar-refractivity contribution in [3.8, 4) is 11.3 Å². The lowest BCUT2D eigenvalue weighted by Crippen LogP contribution is -2.42. The van der Waals surface area contributed by atoms with Crippen molar-refractivity contribution in [2.24, 2.45) is 12.5 Å². The first-order chi connectivity index (χ1) is 11.8. The SMILES string of the molecule is Cc1cc2c(cc1-c1cc(C(C)C)cc[n+]1C)C(C)(C)C(C)(C)C2(C)C. The minimum atomic E-state index is 0.141. The Morgan fingerprint density at radius 3 is 1.92 bits per heavy atom. The van der Waals surface area contributed by atoms with E-state index in [1.54, 1.807) is 0 Å². The average molecular weight is 351 g/mol. The molecule has 0 saturated carbocycles. The first-order valence-corrected chi connectivity index (χ1v) is 9.98. The summed E-state index contributed by atoms with van der Waals surface area (Å²) in [5.74, 6) is 0.541. The summed E-state index contributed by atoms with van der Waals surface area (Å²) in [5, 5.41) is 0. The van der Waals surface area contributed by atoms with E-state index in [2.05, 4.69) is 104 Å². The van der Waals surface area contributed by atoms with Crippen LogP contribution in [0.1, 0.15) is 83.6 Å². The minimum absolute atomic E-state index is 0.141. The minimum Gasteiger partial charge on any atom is -0.201 e. The Kier molecular flexibility index (Phi) is 4.18. The lowest BCUT2D eigenvalue weighted by molar-refractivity contribution is -0.660. The van der Waals surface area contributed by atoms with Gasteiger partial charge in [0.25, 0.3) is 0 Å². The summed E-state index contributed by atoms with van der Waals surface area (Å²) in [6, 6.07) is 9.56. The van der Waals surface area contributed by atoms with Gasteiger partial charge in [-0.25, -0.2) is 4.57 Å². The van der Waals surface area contributed by atoms with Crippen LogP contribution in [0.5, 0.6) is 0 Å². The van der Waals surface area contributed by atoms with Gasteiger partial charge in [-0.05, 0) is 57.4 Å². The fourth-order valence-corrected chi connectivity index (χ4v) is 4.69. The molecule has 1 aliphatic carbocycles. The van der Waals surface area contributed by atoms with Gasteiger partial charge in [-0.2, -0.15) is 0 Å². The quantitative estimate of drug-likeness (QED) is 0.567. The molecule has 1 nitrogen and oxygen atoms in total. The van der Waals surface area contributed by atoms with Crippen molar-refractivity contribution in [2.75, 3.05) is 0 Å². The van der Waals surface area contributed by atoms with E-state index in [1.165, 1.54) is 33.5 Å². The van der Waals surface area contributed by atoms with Crippen LogP contribution in [0.4, 0.5) is 0 Å². The van der Waals surface area contributed by atoms with Crippen molar-refractivity contribution in [3.05, 3.63) is 52.7 Å². The van der Waals surface area contributed by atoms with E-state index in [0.717, 1.165) is 0 Å². The normalized spacial score (nSPS) is 19.7. The van der Waals surface area contributed by atoms with Crippen LogP contribution >= 0.6 is 0 Å². The van der Waals surface area contributed by atoms with Gasteiger partial charge in [0.2, 0.25) is 5.69 Å². The maximum Gasteiger partial charge on any atom is 0.212 e. The van der Waals surface area contributed by atoms with Crippen molar-refractivity contribution in [1.82, 2.24) is 0 Å². The molecule has 0 atom stereocenters. The van der Waals surface area contributed by atoms with Crippen LogP contribution < -0.4 is 4.57 Å². The van der Waals surface area contributed by atoms with Crippen LogP contribution in [0.15, 0.2) is 30.5 Å². The second-order valence-electron chi connectivity index (χ2n) is 10.2. The van der Waals surface area contributed by atoms with Gasteiger partial charge in [-0.3, -0.25) is 0 Å². The van der Waals surface area contributed by atoms with E-state index < -0.39 is 0 Å². The van der Waals surface area contributed by atoms with E-state index in [9.17, 15) is 0 Å². The first kappa shape index (κ1) is 19.1. The lowest BCUT2D eigenvalue weighted by atomic mass is 9.59. The second-order valence-corrected chi connectivity index (χ2v) is 10.2. The predicted molar refractivity (Wildman–Crippen MR) is 112 cm³/mol. The second kappa shape index (κ2) is 5.68. The molecule has 1 aromatic heterocycles. The Balaban J connectivity index is 2.29. The third kappa shape index (κ3) is 2.39. The third-order valence-corrected chi connectivity index (χ3v) is 7.95. The first-order valence-electron chi connectivity index (χ1n) is 9.98. The van der Waals surface area contributed by atoms with Crippen LogP contribution in [0.25, 0.3) is 11.3 Å². The number of hydrogen-bond donors (Lipinski definition) is 0. The van der Waals surface area contributed by atoms with Gasteiger partial charge in [0.15, 0.2) is 6.20 Å². The molecule has 2 aromatic rings. The molecule has 26 heavy (non-hydrogen) atoms. The lowest BCUT2D eigenvalue weighted by Gasteiger charge is -2.44. The van der Waals surface area contributed by atoms with E-state index in [-0.39, 0.29) is 16.2 Å². The molecule has 0 radical (unpaired) electrons. The molecule has 0 bridgehead atoms. The number of aryl methyl sites for hydroxylation is 2. The predicted octanol–water partition coefficient (Wildman–Crippen LogP) is 6.20. The molecule has 1 aliphatic rings. The standard InChI is InChI=1S/C25H36N/c1-16(2)18-11-12-26(10)22(14-18)19-15-21-20(13-17(19)3)23(4,5)25(8,9)24(21,6)7/h11-16H,1-10H3/q+1. The zero-order chi connectivity index (χ0) is 19.7. The molecule has 3 rings (SSSR count). The van der Waals surface area contributed by atoms with Gasteiger partial charge >= 0.3 is 0 Å². The summed E-state index contributed by atoms with van der Waals surface area (Å²) in [4.78, 5) is 0. The van der Waals surface area contributed by atoms with E-state index in [1.807, 2.05) is 0 Å². The average Bonchev–Trinajstić information content (AvgIpc) is 2.63. The van der Waals surface area contributed by atoms with E-state index >= 15 is 0 Å². The highest BCUT2D eigenvalue weighted by Gasteiger charge is 2.56. The summed E-state index contributed by atoms with van der Waals surface area (Å²) in [6.45, 7) is 21.3. The van der Waals surface area contributed by atoms with Gasteiger partial charge in [0.1, 0.15) is 7.05 Å². The molecule has 0 saturated heterocycles. The van der Waals surface area contributed by atoms with Crippen LogP contribution in [0, 0.1) is 12.3 Å². The van der Waals surface area contributed by atoms with Gasteiger partial charge in [-0.1, -0.05) is 61.5 Å². The molecule has 140 valence electrons. The number of aromatic nitrogens is 1. The summed E-state index contributed by atoms with van der Waals surface area (Å²) in [6.07, 6.45) is 2.20. The molecule has 1 heterocycles. The summed E-state index contributed by atoms with van der Waals surface area (Å²) < 4.78 is 2.26. The number of hydrogen-bond acceptors (Lipinski definition) is 0. The van der Waals surface area contributed by atoms with Gasteiger partial charge in [-0.15, -0.1) is 0 Å².